The van der Waals surface area contributed by atoms with Crippen LogP contribution in [0.5, 0.6) is 0 Å². The fourth-order valence-corrected chi connectivity index (χ4v) is 60.4. The predicted octanol–water partition coefficient (Wildman–Crippen LogP) is 8.06. The molecule has 0 heterocycles. The molecule has 0 amide bonds. The van der Waals surface area contributed by atoms with Gasteiger partial charge in [-0.2, -0.15) is 0 Å². The zero-order valence-corrected chi connectivity index (χ0v) is 22.3. The topological polar surface area (TPSA) is 0 Å². The van der Waals surface area contributed by atoms with E-state index >= 15 is 0 Å². The first kappa shape index (κ1) is 20.9. The quantitative estimate of drug-likeness (QED) is 0.359. The molecule has 2 atom stereocenters. The minimum absolute atomic E-state index is 0.233. The summed E-state index contributed by atoms with van der Waals surface area (Å²) >= 11 is -4.40. The summed E-state index contributed by atoms with van der Waals surface area (Å²) in [6.07, 6.45) is 4.68. The third kappa shape index (κ3) is 2.86. The third-order valence-electron chi connectivity index (χ3n) is 7.16. The molecule has 0 radical (unpaired) electrons. The van der Waals surface area contributed by atoms with Crippen molar-refractivity contribution >= 4 is 35.1 Å². The Kier molecular flexibility index (Phi) is 5.50. The van der Waals surface area contributed by atoms with Gasteiger partial charge in [0.2, 0.25) is 0 Å². The molecule has 0 saturated carbocycles. The van der Waals surface area contributed by atoms with E-state index < -0.39 is 21.5 Å². The molecule has 147 valence electrons. The maximum atomic E-state index is 8.17. The van der Waals surface area contributed by atoms with E-state index in [1.165, 1.54) is 45.5 Å². The summed E-state index contributed by atoms with van der Waals surface area (Å²) in [5, 5.41) is 0. The molecule has 2 aromatic rings. The fourth-order valence-electron chi connectivity index (χ4n) is 6.13. The van der Waals surface area contributed by atoms with Crippen LogP contribution < -0.4 is 0 Å². The molecule has 0 aromatic heterocycles. The average Bonchev–Trinajstić information content (AvgIpc) is 3.18. The van der Waals surface area contributed by atoms with Crippen molar-refractivity contribution in [2.24, 2.45) is 0 Å². The molecule has 4 rings (SSSR count). The average molecular weight is 508 g/mol. The first-order valence-corrected chi connectivity index (χ1v) is 26.1. The van der Waals surface area contributed by atoms with Gasteiger partial charge in [0.1, 0.15) is 0 Å². The van der Waals surface area contributed by atoms with Crippen molar-refractivity contribution in [3.8, 4) is 0 Å². The molecular formula is C24H29Cl2SiZr. The van der Waals surface area contributed by atoms with Crippen molar-refractivity contribution < 1.29 is 15.6 Å². The number of rotatable bonds is 5. The molecular weight excluding hydrogens is 478 g/mol. The van der Waals surface area contributed by atoms with Gasteiger partial charge in [-0.1, -0.05) is 0 Å². The molecule has 0 fully saturated rings. The van der Waals surface area contributed by atoms with Crippen molar-refractivity contribution in [2.75, 3.05) is 0 Å². The van der Waals surface area contributed by atoms with Crippen LogP contribution in [0.25, 0.3) is 12.2 Å². The van der Waals surface area contributed by atoms with Gasteiger partial charge in [-0.05, 0) is 0 Å². The molecule has 2 aromatic carbocycles. The summed E-state index contributed by atoms with van der Waals surface area (Å²) < 4.78 is 0.467. The van der Waals surface area contributed by atoms with E-state index in [9.17, 15) is 0 Å². The van der Waals surface area contributed by atoms with Crippen LogP contribution in [0.15, 0.2) is 59.7 Å². The minimum atomic E-state index is -4.40. The summed E-state index contributed by atoms with van der Waals surface area (Å²) in [4.78, 5) is 0. The molecule has 0 N–H and O–H groups in total. The summed E-state index contributed by atoms with van der Waals surface area (Å²) in [5.41, 5.74) is 8.17. The number of halogens is 2. The van der Waals surface area contributed by atoms with Gasteiger partial charge in [0.05, 0.1) is 0 Å². The Balaban J connectivity index is 2.02. The van der Waals surface area contributed by atoms with E-state index in [-0.39, 0.29) is 7.25 Å². The normalized spacial score (nSPS) is 22.3. The van der Waals surface area contributed by atoms with Crippen molar-refractivity contribution in [3.63, 3.8) is 0 Å². The molecule has 0 saturated heterocycles. The van der Waals surface area contributed by atoms with Crippen LogP contribution in [-0.4, -0.2) is 5.92 Å². The van der Waals surface area contributed by atoms with Gasteiger partial charge in [-0.15, -0.1) is 0 Å². The van der Waals surface area contributed by atoms with Gasteiger partial charge in [-0.3, -0.25) is 0 Å². The fraction of sp³-hybridized carbons (Fsp3) is 0.333. The van der Waals surface area contributed by atoms with Crippen LogP contribution in [-0.2, 0) is 15.6 Å². The van der Waals surface area contributed by atoms with Gasteiger partial charge >= 0.3 is 180 Å². The van der Waals surface area contributed by atoms with Crippen molar-refractivity contribution in [3.05, 3.63) is 81.9 Å². The Morgan fingerprint density at radius 2 is 1.14 bits per heavy atom. The monoisotopic (exact) mass is 505 g/mol. The van der Waals surface area contributed by atoms with Crippen molar-refractivity contribution in [1.82, 2.24) is 0 Å². The Bertz CT molecular complexity index is 916. The standard InChI is InChI=1S/2C10H9.C4H11Si.2ClH.Zr/c2*1-8-6-9-4-2-3-5-10(9)7-8;1-3-5-4-2;;;/h2*2-7H,1H3;5H,3-4H2,1-2H3;2*1H;/q;;;;;+2/p-2. The van der Waals surface area contributed by atoms with Crippen LogP contribution in [0, 0.1) is 0 Å². The van der Waals surface area contributed by atoms with E-state index in [1.54, 1.807) is 0 Å². The van der Waals surface area contributed by atoms with Gasteiger partial charge in [-0.25, -0.2) is 0 Å². The molecule has 0 spiro atoms. The van der Waals surface area contributed by atoms with E-state index in [0.29, 0.717) is 0 Å². The predicted molar refractivity (Wildman–Crippen MR) is 125 cm³/mol. The van der Waals surface area contributed by atoms with Crippen LogP contribution in [0.4, 0.5) is 0 Å². The van der Waals surface area contributed by atoms with E-state index in [0.717, 1.165) is 0 Å². The molecule has 0 aliphatic heterocycles. The second-order valence-corrected chi connectivity index (χ2v) is 49.4. The second kappa shape index (κ2) is 7.38. The molecule has 4 heteroatoms. The Morgan fingerprint density at radius 1 is 0.750 bits per heavy atom. The van der Waals surface area contributed by atoms with Gasteiger partial charge in [0.15, 0.2) is 0 Å². The van der Waals surface area contributed by atoms with Crippen LogP contribution in [0.2, 0.25) is 12.1 Å². The van der Waals surface area contributed by atoms with Crippen molar-refractivity contribution in [2.45, 2.75) is 47.0 Å². The molecule has 0 bridgehead atoms. The number of fused-ring (bicyclic) bond motifs is 2. The number of allylic oxidation sites excluding steroid dienone is 2. The van der Waals surface area contributed by atoms with Gasteiger partial charge < -0.3 is 0 Å². The first-order valence-electron chi connectivity index (χ1n) is 10.4. The maximum absolute atomic E-state index is 8.17. The zero-order valence-electron chi connectivity index (χ0n) is 17.2. The van der Waals surface area contributed by atoms with Crippen molar-refractivity contribution in [1.29, 1.82) is 0 Å². The van der Waals surface area contributed by atoms with Gasteiger partial charge in [0, 0.05) is 0 Å². The van der Waals surface area contributed by atoms with Crippen LogP contribution in [0.1, 0.15) is 57.2 Å². The number of hydrogen-bond donors (Lipinski definition) is 0. The molecule has 2 aliphatic carbocycles. The Hall–Kier alpha value is -0.400. The third-order valence-corrected chi connectivity index (χ3v) is 57.5. The molecule has 28 heavy (non-hydrogen) atoms. The summed E-state index contributed by atoms with van der Waals surface area (Å²) in [7, 11) is 16.3. The number of hydrogen-bond acceptors (Lipinski definition) is 0. The summed E-state index contributed by atoms with van der Waals surface area (Å²) in [5.74, 6) is -1.38. The zero-order chi connectivity index (χ0) is 20.1. The Labute approximate surface area is 178 Å². The van der Waals surface area contributed by atoms with Crippen LogP contribution in [0.3, 0.4) is 0 Å². The van der Waals surface area contributed by atoms with Gasteiger partial charge in [0.25, 0.3) is 0 Å². The Morgan fingerprint density at radius 3 is 1.54 bits per heavy atom. The van der Waals surface area contributed by atoms with E-state index in [1.807, 2.05) is 0 Å². The first-order chi connectivity index (χ1) is 13.3. The summed E-state index contributed by atoms with van der Waals surface area (Å²) in [6.45, 7) is 9.19. The number of benzene rings is 2. The van der Waals surface area contributed by atoms with Crippen LogP contribution >= 0.6 is 17.0 Å². The summed E-state index contributed by atoms with van der Waals surface area (Å²) in [6, 6.07) is 19.9. The second-order valence-electron chi connectivity index (χ2n) is 8.64. The molecule has 0 nitrogen and oxygen atoms in total. The molecule has 2 unspecified atom stereocenters. The SMILES string of the molecule is CC[SiH](CC)[Zr]([Cl])([Cl])([CH]1C(C)=Cc2ccccc21)[CH]1C(C)=Cc2ccccc21. The van der Waals surface area contributed by atoms with E-state index in [4.69, 9.17) is 17.0 Å². The molecule has 2 aliphatic rings. The van der Waals surface area contributed by atoms with E-state index in [2.05, 4.69) is 88.4 Å².